The zero-order chi connectivity index (χ0) is 13.4. The molecule has 3 aliphatic rings. The van der Waals surface area contributed by atoms with Crippen molar-refractivity contribution in [1.82, 2.24) is 15.1 Å². The van der Waals surface area contributed by atoms with Crippen molar-refractivity contribution in [3.8, 4) is 0 Å². The molecular formula is C13H21N3O3. The smallest absolute Gasteiger partial charge is 0.323 e. The van der Waals surface area contributed by atoms with Crippen LogP contribution in [0.25, 0.3) is 0 Å². The first-order valence-electron chi connectivity index (χ1n) is 7.16. The molecule has 0 spiro atoms. The maximum atomic E-state index is 12.1. The first kappa shape index (κ1) is 12.7. The van der Waals surface area contributed by atoms with E-state index < -0.39 is 5.97 Å². The Morgan fingerprint density at radius 2 is 1.95 bits per heavy atom. The number of likely N-dealkylation sites (tertiary alicyclic amines) is 1. The van der Waals surface area contributed by atoms with Crippen molar-refractivity contribution in [2.24, 2.45) is 0 Å². The number of aliphatic carboxylic acids is 1. The number of hydrogen-bond acceptors (Lipinski definition) is 3. The molecule has 1 heterocycles. The predicted molar refractivity (Wildman–Crippen MR) is 68.9 cm³/mol. The summed E-state index contributed by atoms with van der Waals surface area (Å²) in [7, 11) is 0. The largest absolute Gasteiger partial charge is 0.480 e. The molecule has 3 rings (SSSR count). The van der Waals surface area contributed by atoms with E-state index in [2.05, 4.69) is 10.2 Å². The second-order valence-corrected chi connectivity index (χ2v) is 5.91. The number of nitrogens with one attached hydrogen (secondary N) is 1. The van der Waals surface area contributed by atoms with Crippen molar-refractivity contribution < 1.29 is 14.7 Å². The Hall–Kier alpha value is -1.30. The molecule has 2 amide bonds. The predicted octanol–water partition coefficient (Wildman–Crippen LogP) is 0.482. The highest BCUT2D eigenvalue weighted by Crippen LogP contribution is 2.30. The molecule has 1 unspecified atom stereocenters. The van der Waals surface area contributed by atoms with Gasteiger partial charge in [-0.25, -0.2) is 4.79 Å². The standard InChI is InChI=1S/C13H21N3O3/c17-12(18)8-16(11-3-4-11)13(19)14-9-5-6-15(7-9)10-1-2-10/h9-11H,1-8H2,(H,14,19)(H,17,18). The molecule has 2 N–H and O–H groups in total. The van der Waals surface area contributed by atoms with Crippen LogP contribution in [-0.4, -0.2) is 64.7 Å². The Kier molecular flexibility index (Phi) is 3.35. The van der Waals surface area contributed by atoms with Crippen LogP contribution < -0.4 is 5.32 Å². The fourth-order valence-electron chi connectivity index (χ4n) is 2.83. The van der Waals surface area contributed by atoms with Crippen LogP contribution in [0, 0.1) is 0 Å². The van der Waals surface area contributed by atoms with Gasteiger partial charge >= 0.3 is 12.0 Å². The SMILES string of the molecule is O=C(O)CN(C(=O)NC1CCN(C2CC2)C1)C1CC1. The van der Waals surface area contributed by atoms with Gasteiger partial charge in [0.05, 0.1) is 0 Å². The van der Waals surface area contributed by atoms with E-state index in [9.17, 15) is 9.59 Å². The number of carbonyl (C=O) groups is 2. The summed E-state index contributed by atoms with van der Waals surface area (Å²) in [5.74, 6) is -0.937. The van der Waals surface area contributed by atoms with Crippen molar-refractivity contribution in [3.05, 3.63) is 0 Å². The molecule has 0 radical (unpaired) electrons. The van der Waals surface area contributed by atoms with Gasteiger partial charge < -0.3 is 15.3 Å². The molecule has 0 aromatic heterocycles. The number of urea groups is 1. The number of hydrogen-bond donors (Lipinski definition) is 2. The summed E-state index contributed by atoms with van der Waals surface area (Å²) in [6.45, 7) is 1.79. The average molecular weight is 267 g/mol. The topological polar surface area (TPSA) is 72.9 Å². The van der Waals surface area contributed by atoms with Crippen LogP contribution in [-0.2, 0) is 4.79 Å². The molecule has 1 atom stereocenters. The highest BCUT2D eigenvalue weighted by molar-refractivity contribution is 5.81. The van der Waals surface area contributed by atoms with Crippen LogP contribution in [0.2, 0.25) is 0 Å². The Balaban J connectivity index is 1.50. The van der Waals surface area contributed by atoms with E-state index in [1.807, 2.05) is 0 Å². The van der Waals surface area contributed by atoms with E-state index in [1.165, 1.54) is 17.7 Å². The lowest BCUT2D eigenvalue weighted by atomic mass is 10.3. The maximum Gasteiger partial charge on any atom is 0.323 e. The Morgan fingerprint density at radius 3 is 2.53 bits per heavy atom. The van der Waals surface area contributed by atoms with Crippen LogP contribution >= 0.6 is 0 Å². The Morgan fingerprint density at radius 1 is 1.21 bits per heavy atom. The lowest BCUT2D eigenvalue weighted by molar-refractivity contribution is -0.137. The molecular weight excluding hydrogens is 246 g/mol. The van der Waals surface area contributed by atoms with Crippen LogP contribution in [0.15, 0.2) is 0 Å². The molecule has 3 fully saturated rings. The van der Waals surface area contributed by atoms with E-state index in [0.717, 1.165) is 38.4 Å². The molecule has 0 aromatic rings. The minimum Gasteiger partial charge on any atom is -0.480 e. The van der Waals surface area contributed by atoms with E-state index >= 15 is 0 Å². The van der Waals surface area contributed by atoms with Crippen molar-refractivity contribution in [3.63, 3.8) is 0 Å². The van der Waals surface area contributed by atoms with E-state index in [1.54, 1.807) is 0 Å². The normalized spacial score (nSPS) is 27.3. The van der Waals surface area contributed by atoms with E-state index in [-0.39, 0.29) is 24.7 Å². The summed E-state index contributed by atoms with van der Waals surface area (Å²) in [5, 5.41) is 11.9. The van der Waals surface area contributed by atoms with Crippen molar-refractivity contribution in [1.29, 1.82) is 0 Å². The second-order valence-electron chi connectivity index (χ2n) is 5.91. The summed E-state index contributed by atoms with van der Waals surface area (Å²) in [4.78, 5) is 26.9. The van der Waals surface area contributed by atoms with Gasteiger partial charge in [-0.05, 0) is 32.1 Å². The Labute approximate surface area is 112 Å². The van der Waals surface area contributed by atoms with Gasteiger partial charge in [0.2, 0.25) is 0 Å². The fourth-order valence-corrected chi connectivity index (χ4v) is 2.83. The highest BCUT2D eigenvalue weighted by Gasteiger charge is 2.37. The van der Waals surface area contributed by atoms with Crippen LogP contribution in [0.4, 0.5) is 4.79 Å². The average Bonchev–Trinajstić information content (AvgIpc) is 3.26. The minimum atomic E-state index is -0.937. The van der Waals surface area contributed by atoms with Crippen LogP contribution in [0.1, 0.15) is 32.1 Å². The molecule has 2 aliphatic carbocycles. The summed E-state index contributed by atoms with van der Waals surface area (Å²) < 4.78 is 0. The van der Waals surface area contributed by atoms with Crippen molar-refractivity contribution >= 4 is 12.0 Å². The van der Waals surface area contributed by atoms with Crippen LogP contribution in [0.3, 0.4) is 0 Å². The molecule has 6 heteroatoms. The molecule has 106 valence electrons. The summed E-state index contributed by atoms with van der Waals surface area (Å²) in [5.41, 5.74) is 0. The van der Waals surface area contributed by atoms with E-state index in [0.29, 0.717) is 0 Å². The van der Waals surface area contributed by atoms with Gasteiger partial charge in [-0.15, -0.1) is 0 Å². The van der Waals surface area contributed by atoms with Gasteiger partial charge in [-0.1, -0.05) is 0 Å². The summed E-state index contributed by atoms with van der Waals surface area (Å²) >= 11 is 0. The minimum absolute atomic E-state index is 0.136. The third kappa shape index (κ3) is 3.18. The van der Waals surface area contributed by atoms with Gasteiger partial charge in [0.1, 0.15) is 6.54 Å². The zero-order valence-electron chi connectivity index (χ0n) is 11.0. The van der Waals surface area contributed by atoms with Crippen molar-refractivity contribution in [2.75, 3.05) is 19.6 Å². The molecule has 19 heavy (non-hydrogen) atoms. The zero-order valence-corrected chi connectivity index (χ0v) is 11.0. The first-order chi connectivity index (χ1) is 9.13. The van der Waals surface area contributed by atoms with Gasteiger partial charge in [-0.3, -0.25) is 9.69 Å². The van der Waals surface area contributed by atoms with E-state index in [4.69, 9.17) is 5.11 Å². The van der Waals surface area contributed by atoms with Gasteiger partial charge in [0.25, 0.3) is 0 Å². The third-order valence-corrected chi connectivity index (χ3v) is 4.16. The number of rotatable bonds is 5. The molecule has 0 bridgehead atoms. The van der Waals surface area contributed by atoms with Crippen LogP contribution in [0.5, 0.6) is 0 Å². The Bertz CT molecular complexity index is 379. The van der Waals surface area contributed by atoms with Gasteiger partial charge in [0.15, 0.2) is 0 Å². The maximum absolute atomic E-state index is 12.1. The number of carbonyl (C=O) groups excluding carboxylic acids is 1. The number of carboxylic acids is 1. The molecule has 6 nitrogen and oxygen atoms in total. The molecule has 1 saturated heterocycles. The lowest BCUT2D eigenvalue weighted by Gasteiger charge is -2.23. The molecule has 2 saturated carbocycles. The van der Waals surface area contributed by atoms with Gasteiger partial charge in [0, 0.05) is 31.2 Å². The highest BCUT2D eigenvalue weighted by atomic mass is 16.4. The number of nitrogens with zero attached hydrogens (tertiary/aromatic N) is 2. The first-order valence-corrected chi connectivity index (χ1v) is 7.16. The second kappa shape index (κ2) is 5.00. The van der Waals surface area contributed by atoms with Crippen molar-refractivity contribution in [2.45, 2.75) is 50.2 Å². The quantitative estimate of drug-likeness (QED) is 0.760. The summed E-state index contributed by atoms with van der Waals surface area (Å²) in [6.07, 6.45) is 5.41. The lowest BCUT2D eigenvalue weighted by Crippen LogP contribution is -2.48. The fraction of sp³-hybridized carbons (Fsp3) is 0.846. The number of carboxylic acid groups (broad SMARTS) is 1. The number of amides is 2. The monoisotopic (exact) mass is 267 g/mol. The molecule has 0 aromatic carbocycles. The molecule has 1 aliphatic heterocycles. The summed E-state index contributed by atoms with van der Waals surface area (Å²) in [6, 6.07) is 0.855. The van der Waals surface area contributed by atoms with Gasteiger partial charge in [-0.2, -0.15) is 0 Å². The third-order valence-electron chi connectivity index (χ3n) is 4.16.